The minimum Gasteiger partial charge on any atom is -0.495 e. The van der Waals surface area contributed by atoms with Crippen molar-refractivity contribution in [2.45, 2.75) is 26.7 Å². The second kappa shape index (κ2) is 8.36. The number of methoxy groups -OCH3 is 1. The molecule has 0 fully saturated rings. The number of Topliss-reactive ketones (excluding diaryl/α,β-unsaturated/α-hetero) is 1. The zero-order valence-corrected chi connectivity index (χ0v) is 18.9. The quantitative estimate of drug-likeness (QED) is 0.460. The molecule has 0 radical (unpaired) electrons. The molecular weight excluding hydrogens is 435 g/mol. The molecular formula is C23H22Cl2N4O2. The van der Waals surface area contributed by atoms with Gasteiger partial charge in [0.25, 0.3) is 0 Å². The molecule has 1 aromatic heterocycles. The van der Waals surface area contributed by atoms with Gasteiger partial charge in [0.05, 0.1) is 34.1 Å². The van der Waals surface area contributed by atoms with E-state index >= 15 is 0 Å². The van der Waals surface area contributed by atoms with Gasteiger partial charge in [-0.05, 0) is 42.2 Å². The van der Waals surface area contributed by atoms with Crippen LogP contribution in [0.2, 0.25) is 10.0 Å². The summed E-state index contributed by atoms with van der Waals surface area (Å²) in [6, 6.07) is 12.7. The lowest BCUT2D eigenvalue weighted by Crippen LogP contribution is -2.29. The number of ketones is 1. The van der Waals surface area contributed by atoms with Crippen LogP contribution in [0.15, 0.2) is 42.5 Å². The van der Waals surface area contributed by atoms with Crippen molar-refractivity contribution in [1.29, 1.82) is 0 Å². The molecule has 1 aliphatic rings. The molecule has 0 amide bonds. The van der Waals surface area contributed by atoms with Gasteiger partial charge in [-0.2, -0.15) is 4.98 Å². The highest BCUT2D eigenvalue weighted by Gasteiger charge is 2.35. The Morgan fingerprint density at radius 1 is 1.00 bits per heavy atom. The highest BCUT2D eigenvalue weighted by Crippen LogP contribution is 2.38. The molecule has 0 unspecified atom stereocenters. The smallest absolute Gasteiger partial charge is 0.229 e. The first-order valence-corrected chi connectivity index (χ1v) is 10.6. The molecule has 0 saturated carbocycles. The van der Waals surface area contributed by atoms with Crippen molar-refractivity contribution < 1.29 is 9.53 Å². The molecule has 0 bridgehead atoms. The highest BCUT2D eigenvalue weighted by molar-refractivity contribution is 6.42. The van der Waals surface area contributed by atoms with Gasteiger partial charge in [-0.15, -0.1) is 0 Å². The second-order valence-electron chi connectivity index (χ2n) is 8.24. The second-order valence-corrected chi connectivity index (χ2v) is 9.05. The summed E-state index contributed by atoms with van der Waals surface area (Å²) in [7, 11) is 1.60. The number of ether oxygens (including phenoxy) is 1. The van der Waals surface area contributed by atoms with E-state index in [0.717, 1.165) is 5.69 Å². The Morgan fingerprint density at radius 3 is 2.52 bits per heavy atom. The number of anilines is 4. The molecule has 2 N–H and O–H groups in total. The van der Waals surface area contributed by atoms with Crippen LogP contribution >= 0.6 is 23.2 Å². The molecule has 6 nitrogen and oxygen atoms in total. The van der Waals surface area contributed by atoms with Crippen LogP contribution in [0.5, 0.6) is 5.75 Å². The Balaban J connectivity index is 1.79. The van der Waals surface area contributed by atoms with E-state index in [1.54, 1.807) is 25.3 Å². The minimum absolute atomic E-state index is 0.0117. The number of hydrogen-bond donors (Lipinski definition) is 2. The van der Waals surface area contributed by atoms with Gasteiger partial charge < -0.3 is 15.4 Å². The van der Waals surface area contributed by atoms with Gasteiger partial charge in [0.2, 0.25) is 5.95 Å². The van der Waals surface area contributed by atoms with E-state index in [4.69, 9.17) is 27.9 Å². The van der Waals surface area contributed by atoms with Crippen LogP contribution in [0.25, 0.3) is 0 Å². The molecule has 0 saturated heterocycles. The summed E-state index contributed by atoms with van der Waals surface area (Å²) < 4.78 is 5.42. The average molecular weight is 457 g/mol. The maximum Gasteiger partial charge on any atom is 0.229 e. The van der Waals surface area contributed by atoms with Crippen molar-refractivity contribution in [3.05, 3.63) is 63.8 Å². The van der Waals surface area contributed by atoms with Crippen LogP contribution in [0.1, 0.15) is 36.3 Å². The average Bonchev–Trinajstić information content (AvgIpc) is 2.69. The fourth-order valence-corrected chi connectivity index (χ4v) is 3.99. The zero-order valence-electron chi connectivity index (χ0n) is 17.4. The van der Waals surface area contributed by atoms with Gasteiger partial charge in [-0.3, -0.25) is 4.79 Å². The first-order valence-electron chi connectivity index (χ1n) is 9.82. The van der Waals surface area contributed by atoms with E-state index in [0.29, 0.717) is 57.3 Å². The fourth-order valence-electron chi connectivity index (χ4n) is 3.69. The summed E-state index contributed by atoms with van der Waals surface area (Å²) in [6.45, 7) is 4.13. The van der Waals surface area contributed by atoms with E-state index in [2.05, 4.69) is 34.4 Å². The number of nitrogens with one attached hydrogen (secondary N) is 2. The number of benzene rings is 2. The van der Waals surface area contributed by atoms with Gasteiger partial charge in [-0.1, -0.05) is 49.2 Å². The van der Waals surface area contributed by atoms with Gasteiger partial charge in [0.15, 0.2) is 5.78 Å². The maximum atomic E-state index is 13.0. The van der Waals surface area contributed by atoms with Gasteiger partial charge in [0.1, 0.15) is 11.6 Å². The molecule has 3 aromatic rings. The molecule has 0 spiro atoms. The lowest BCUT2D eigenvalue weighted by atomic mass is 9.75. The Labute approximate surface area is 191 Å². The number of rotatable bonds is 5. The lowest BCUT2D eigenvalue weighted by molar-refractivity contribution is 0.0911. The van der Waals surface area contributed by atoms with Gasteiger partial charge in [-0.25, -0.2) is 4.98 Å². The third-order valence-electron chi connectivity index (χ3n) is 5.08. The van der Waals surface area contributed by atoms with Crippen LogP contribution in [0.4, 0.5) is 23.1 Å². The number of halogens is 2. The number of hydrogen-bond acceptors (Lipinski definition) is 6. The molecule has 0 aliphatic heterocycles. The first kappa shape index (κ1) is 21.4. The minimum atomic E-state index is -0.180. The molecule has 31 heavy (non-hydrogen) atoms. The number of para-hydroxylation sites is 2. The van der Waals surface area contributed by atoms with Crippen molar-refractivity contribution in [3.63, 3.8) is 0 Å². The summed E-state index contributed by atoms with van der Waals surface area (Å²) in [5.41, 5.74) is 2.44. The topological polar surface area (TPSA) is 76.1 Å². The molecule has 8 heteroatoms. The number of carbonyl (C=O) groups is 1. The summed E-state index contributed by atoms with van der Waals surface area (Å²) in [6.07, 6.45) is 1.09. The van der Waals surface area contributed by atoms with Crippen LogP contribution < -0.4 is 15.4 Å². The Bertz CT molecular complexity index is 1160. The number of aromatic nitrogens is 2. The number of fused-ring (bicyclic) bond motifs is 1. The zero-order chi connectivity index (χ0) is 22.2. The van der Waals surface area contributed by atoms with Gasteiger partial charge >= 0.3 is 0 Å². The Morgan fingerprint density at radius 2 is 1.77 bits per heavy atom. The molecule has 1 aliphatic carbocycles. The summed E-state index contributed by atoms with van der Waals surface area (Å²) >= 11 is 12.2. The Hall–Kier alpha value is -2.83. The summed E-state index contributed by atoms with van der Waals surface area (Å²) in [5, 5.41) is 7.31. The van der Waals surface area contributed by atoms with Crippen molar-refractivity contribution in [2.75, 3.05) is 17.7 Å². The predicted octanol–water partition coefficient (Wildman–Crippen LogP) is 6.43. The highest BCUT2D eigenvalue weighted by atomic mass is 35.5. The first-order chi connectivity index (χ1) is 14.8. The molecule has 1 heterocycles. The predicted molar refractivity (Wildman–Crippen MR) is 124 cm³/mol. The normalized spacial score (nSPS) is 14.7. The molecule has 4 rings (SSSR count). The lowest BCUT2D eigenvalue weighted by Gasteiger charge is -2.30. The molecule has 0 atom stereocenters. The third-order valence-corrected chi connectivity index (χ3v) is 5.82. The van der Waals surface area contributed by atoms with Gasteiger partial charge in [0, 0.05) is 12.1 Å². The van der Waals surface area contributed by atoms with Crippen LogP contribution in [0.3, 0.4) is 0 Å². The standard InChI is InChI=1S/C23H22Cl2N4O2/c1-23(2)11-17-20(18(30)12-23)21(26-13-8-9-14(24)15(25)10-13)29-22(28-17)27-16-6-4-5-7-19(16)31-3/h4-10H,11-12H2,1-3H3,(H2,26,27,28,29). The molecule has 160 valence electrons. The largest absolute Gasteiger partial charge is 0.495 e. The Kier molecular flexibility index (Phi) is 5.77. The van der Waals surface area contributed by atoms with Crippen molar-refractivity contribution >= 4 is 52.1 Å². The van der Waals surface area contributed by atoms with E-state index in [1.807, 2.05) is 24.3 Å². The number of carbonyl (C=O) groups excluding carboxylic acids is 1. The SMILES string of the molecule is COc1ccccc1Nc1nc2c(c(Nc3ccc(Cl)c(Cl)c3)n1)C(=O)CC(C)(C)C2. The van der Waals surface area contributed by atoms with Crippen molar-refractivity contribution in [1.82, 2.24) is 9.97 Å². The third kappa shape index (κ3) is 4.60. The number of nitrogens with zero attached hydrogens (tertiary/aromatic N) is 2. The molecule has 2 aromatic carbocycles. The van der Waals surface area contributed by atoms with E-state index in [9.17, 15) is 4.79 Å². The maximum absolute atomic E-state index is 13.0. The fraction of sp³-hybridized carbons (Fsp3) is 0.261. The van der Waals surface area contributed by atoms with Crippen LogP contribution in [-0.4, -0.2) is 22.9 Å². The van der Waals surface area contributed by atoms with E-state index in [-0.39, 0.29) is 11.2 Å². The van der Waals surface area contributed by atoms with E-state index in [1.165, 1.54) is 0 Å². The van der Waals surface area contributed by atoms with Crippen LogP contribution in [0, 0.1) is 5.41 Å². The van der Waals surface area contributed by atoms with E-state index < -0.39 is 0 Å². The monoisotopic (exact) mass is 456 g/mol. The summed E-state index contributed by atoms with van der Waals surface area (Å²) in [4.78, 5) is 22.3. The summed E-state index contributed by atoms with van der Waals surface area (Å²) in [5.74, 6) is 1.48. The van der Waals surface area contributed by atoms with Crippen molar-refractivity contribution in [2.24, 2.45) is 5.41 Å². The van der Waals surface area contributed by atoms with Crippen molar-refractivity contribution in [3.8, 4) is 5.75 Å². The van der Waals surface area contributed by atoms with Crippen LogP contribution in [-0.2, 0) is 6.42 Å².